The highest BCUT2D eigenvalue weighted by molar-refractivity contribution is 9.10. The summed E-state index contributed by atoms with van der Waals surface area (Å²) in [4.78, 5) is 7.84. The van der Waals surface area contributed by atoms with E-state index in [0.717, 1.165) is 16.6 Å². The highest BCUT2D eigenvalue weighted by Crippen LogP contribution is 2.39. The van der Waals surface area contributed by atoms with Crippen molar-refractivity contribution in [2.45, 2.75) is 26.2 Å². The second-order valence-electron chi connectivity index (χ2n) is 6.21. The molecule has 0 saturated carbocycles. The maximum absolute atomic E-state index is 10.4. The summed E-state index contributed by atoms with van der Waals surface area (Å²) in [5, 5.41) is 10.4. The van der Waals surface area contributed by atoms with Crippen LogP contribution in [0.25, 0.3) is 22.4 Å². The maximum atomic E-state index is 10.4. The molecule has 0 saturated heterocycles. The molecule has 0 amide bonds. The average Bonchev–Trinajstić information content (AvgIpc) is 2.84. The van der Waals surface area contributed by atoms with Gasteiger partial charge in [0.1, 0.15) is 11.6 Å². The van der Waals surface area contributed by atoms with Gasteiger partial charge in [-0.2, -0.15) is 0 Å². The number of aromatic hydroxyl groups is 1. The minimum Gasteiger partial charge on any atom is -0.506 e. The van der Waals surface area contributed by atoms with Crippen LogP contribution in [0.15, 0.2) is 40.9 Å². The summed E-state index contributed by atoms with van der Waals surface area (Å²) in [6.45, 7) is 6.44. The Hall–Kier alpha value is -1.81. The van der Waals surface area contributed by atoms with Gasteiger partial charge in [-0.15, -0.1) is 0 Å². The van der Waals surface area contributed by atoms with Crippen molar-refractivity contribution in [1.29, 1.82) is 0 Å². The first-order valence-electron chi connectivity index (χ1n) is 6.84. The summed E-state index contributed by atoms with van der Waals surface area (Å²) in [6.07, 6.45) is 0. The largest absolute Gasteiger partial charge is 0.506 e. The van der Waals surface area contributed by atoms with Gasteiger partial charge in [-0.1, -0.05) is 32.9 Å². The second-order valence-corrected chi connectivity index (χ2v) is 7.06. The molecule has 2 N–H and O–H groups in total. The highest BCUT2D eigenvalue weighted by Gasteiger charge is 2.20. The number of rotatable bonds is 1. The van der Waals surface area contributed by atoms with E-state index in [-0.39, 0.29) is 11.2 Å². The third kappa shape index (κ3) is 2.56. The summed E-state index contributed by atoms with van der Waals surface area (Å²) in [7, 11) is 0. The standard InChI is InChI=1S/C17H17BrN2O/c1-17(2,3)10-8-11(15(21)12(18)9-10)16-19-13-6-4-5-7-14(13)20-16/h4-9,21H,1-3H3,(H,19,20). The number of imidazole rings is 1. The molecule has 1 aromatic heterocycles. The van der Waals surface area contributed by atoms with E-state index in [1.807, 2.05) is 36.4 Å². The van der Waals surface area contributed by atoms with Crippen molar-refractivity contribution in [3.8, 4) is 17.1 Å². The molecule has 0 bridgehead atoms. The number of H-pyrrole nitrogens is 1. The quantitative estimate of drug-likeness (QED) is 0.652. The van der Waals surface area contributed by atoms with Crippen LogP contribution in [0, 0.1) is 0 Å². The van der Waals surface area contributed by atoms with Gasteiger partial charge in [0.25, 0.3) is 0 Å². The fourth-order valence-electron chi connectivity index (χ4n) is 2.29. The Bertz CT molecular complexity index is 782. The first-order chi connectivity index (χ1) is 9.86. The van der Waals surface area contributed by atoms with Gasteiger partial charge in [-0.3, -0.25) is 0 Å². The zero-order valence-electron chi connectivity index (χ0n) is 12.2. The van der Waals surface area contributed by atoms with E-state index in [9.17, 15) is 5.11 Å². The summed E-state index contributed by atoms with van der Waals surface area (Å²) < 4.78 is 0.686. The number of phenolic OH excluding ortho intramolecular Hbond substituents is 1. The van der Waals surface area contributed by atoms with Gasteiger partial charge in [-0.05, 0) is 51.2 Å². The van der Waals surface area contributed by atoms with Crippen LogP contribution in [0.3, 0.4) is 0 Å². The van der Waals surface area contributed by atoms with Crippen molar-refractivity contribution < 1.29 is 5.11 Å². The summed E-state index contributed by atoms with van der Waals surface area (Å²) in [6, 6.07) is 11.8. The van der Waals surface area contributed by atoms with Crippen molar-refractivity contribution in [1.82, 2.24) is 9.97 Å². The molecule has 3 rings (SSSR count). The average molecular weight is 345 g/mol. The summed E-state index contributed by atoms with van der Waals surface area (Å²) in [5.74, 6) is 0.891. The van der Waals surface area contributed by atoms with Gasteiger partial charge in [0.2, 0.25) is 0 Å². The van der Waals surface area contributed by atoms with E-state index in [1.54, 1.807) is 0 Å². The van der Waals surface area contributed by atoms with Gasteiger partial charge < -0.3 is 10.1 Å². The van der Waals surface area contributed by atoms with Crippen LogP contribution in [0.2, 0.25) is 0 Å². The fourth-order valence-corrected chi connectivity index (χ4v) is 2.75. The molecule has 3 aromatic rings. The van der Waals surface area contributed by atoms with Crippen LogP contribution < -0.4 is 0 Å². The number of phenols is 1. The van der Waals surface area contributed by atoms with E-state index < -0.39 is 0 Å². The van der Waals surface area contributed by atoms with Gasteiger partial charge >= 0.3 is 0 Å². The molecule has 0 radical (unpaired) electrons. The van der Waals surface area contributed by atoms with Crippen molar-refractivity contribution in [2.75, 3.05) is 0 Å². The Morgan fingerprint density at radius 1 is 1.14 bits per heavy atom. The van der Waals surface area contributed by atoms with Crippen LogP contribution in [0.1, 0.15) is 26.3 Å². The number of fused-ring (bicyclic) bond motifs is 1. The lowest BCUT2D eigenvalue weighted by atomic mass is 9.86. The number of benzene rings is 2. The lowest BCUT2D eigenvalue weighted by molar-refractivity contribution is 0.472. The Labute approximate surface area is 132 Å². The zero-order chi connectivity index (χ0) is 15.2. The van der Waals surface area contributed by atoms with Crippen molar-refractivity contribution in [2.24, 2.45) is 0 Å². The number of para-hydroxylation sites is 2. The molecule has 2 aromatic carbocycles. The van der Waals surface area contributed by atoms with Crippen molar-refractivity contribution >= 4 is 27.0 Å². The van der Waals surface area contributed by atoms with E-state index >= 15 is 0 Å². The second kappa shape index (κ2) is 4.88. The van der Waals surface area contributed by atoms with Gasteiger partial charge in [0.15, 0.2) is 0 Å². The zero-order valence-corrected chi connectivity index (χ0v) is 13.8. The summed E-state index contributed by atoms with van der Waals surface area (Å²) >= 11 is 3.44. The first-order valence-corrected chi connectivity index (χ1v) is 7.63. The maximum Gasteiger partial charge on any atom is 0.142 e. The SMILES string of the molecule is CC(C)(C)c1cc(Br)c(O)c(-c2nc3ccccc3[nH]2)c1. The number of hydrogen-bond donors (Lipinski definition) is 2. The van der Waals surface area contributed by atoms with Crippen molar-refractivity contribution in [3.05, 3.63) is 46.4 Å². The Balaban J connectivity index is 2.23. The summed E-state index contributed by atoms with van der Waals surface area (Å²) in [5.41, 5.74) is 3.71. The van der Waals surface area contributed by atoms with Crippen LogP contribution in [-0.4, -0.2) is 15.1 Å². The molecule has 21 heavy (non-hydrogen) atoms. The molecule has 0 spiro atoms. The molecule has 0 aliphatic heterocycles. The number of aromatic amines is 1. The smallest absolute Gasteiger partial charge is 0.142 e. The molecular formula is C17H17BrN2O. The van der Waals surface area contributed by atoms with Gasteiger partial charge in [-0.25, -0.2) is 4.98 Å². The number of aromatic nitrogens is 2. The van der Waals surface area contributed by atoms with Crippen LogP contribution in [0.4, 0.5) is 0 Å². The normalized spacial score (nSPS) is 12.0. The Kier molecular flexibility index (Phi) is 3.29. The minimum atomic E-state index is -0.00299. The van der Waals surface area contributed by atoms with E-state index in [4.69, 9.17) is 0 Å². The molecule has 3 nitrogen and oxygen atoms in total. The Morgan fingerprint density at radius 2 is 1.86 bits per heavy atom. The van der Waals surface area contributed by atoms with E-state index in [0.29, 0.717) is 15.9 Å². The third-order valence-corrected chi connectivity index (χ3v) is 4.18. The van der Waals surface area contributed by atoms with Gasteiger partial charge in [0.05, 0.1) is 21.1 Å². The fraction of sp³-hybridized carbons (Fsp3) is 0.235. The Morgan fingerprint density at radius 3 is 2.52 bits per heavy atom. The van der Waals surface area contributed by atoms with Crippen molar-refractivity contribution in [3.63, 3.8) is 0 Å². The lowest BCUT2D eigenvalue weighted by Gasteiger charge is -2.20. The van der Waals surface area contributed by atoms with E-state index in [2.05, 4.69) is 46.7 Å². The minimum absolute atomic E-state index is 0.00299. The molecule has 4 heteroatoms. The number of nitrogens with one attached hydrogen (secondary N) is 1. The number of nitrogens with zero attached hydrogens (tertiary/aromatic N) is 1. The molecule has 0 aliphatic carbocycles. The molecule has 0 fully saturated rings. The predicted molar refractivity (Wildman–Crippen MR) is 89.6 cm³/mol. The van der Waals surface area contributed by atoms with Crippen LogP contribution >= 0.6 is 15.9 Å². The van der Waals surface area contributed by atoms with Crippen LogP contribution in [-0.2, 0) is 5.41 Å². The number of halogens is 1. The molecule has 0 atom stereocenters. The molecule has 0 aliphatic rings. The highest BCUT2D eigenvalue weighted by atomic mass is 79.9. The predicted octanol–water partition coefficient (Wildman–Crippen LogP) is 5.00. The molecule has 108 valence electrons. The monoisotopic (exact) mass is 344 g/mol. The van der Waals surface area contributed by atoms with E-state index in [1.165, 1.54) is 0 Å². The number of hydrogen-bond acceptors (Lipinski definition) is 2. The molecule has 1 heterocycles. The third-order valence-electron chi connectivity index (χ3n) is 3.57. The topological polar surface area (TPSA) is 48.9 Å². The van der Waals surface area contributed by atoms with Crippen LogP contribution in [0.5, 0.6) is 5.75 Å². The lowest BCUT2D eigenvalue weighted by Crippen LogP contribution is -2.11. The molecular weight excluding hydrogens is 328 g/mol. The molecule has 0 unspecified atom stereocenters. The van der Waals surface area contributed by atoms with Gasteiger partial charge in [0, 0.05) is 0 Å². The first kappa shape index (κ1) is 14.1.